The van der Waals surface area contributed by atoms with Gasteiger partial charge in [-0.1, -0.05) is 5.11 Å². The van der Waals surface area contributed by atoms with Crippen LogP contribution >= 0.6 is 0 Å². The maximum absolute atomic E-state index is 11.1. The lowest BCUT2D eigenvalue weighted by Crippen LogP contribution is -2.58. The van der Waals surface area contributed by atoms with Crippen molar-refractivity contribution >= 4 is 11.9 Å². The zero-order valence-electron chi connectivity index (χ0n) is 10.7. The van der Waals surface area contributed by atoms with Crippen LogP contribution in [0.5, 0.6) is 0 Å². The molecule has 1 saturated heterocycles. The molecule has 19 heavy (non-hydrogen) atoms. The number of ether oxygens (including phenoxy) is 3. The predicted molar refractivity (Wildman–Crippen MR) is 60.6 cm³/mol. The Morgan fingerprint density at radius 2 is 1.79 bits per heavy atom. The van der Waals surface area contributed by atoms with Gasteiger partial charge in [-0.15, -0.1) is 0 Å². The number of aliphatic hydroxyl groups is 1. The molecule has 1 N–H and O–H groups in total. The number of carbonyl (C=O) groups is 2. The third-order valence-corrected chi connectivity index (χ3v) is 2.56. The van der Waals surface area contributed by atoms with Crippen molar-refractivity contribution in [3.63, 3.8) is 0 Å². The number of hydrogen-bond donors (Lipinski definition) is 1. The number of azide groups is 1. The Balaban J connectivity index is 3.05. The molecule has 0 spiro atoms. The van der Waals surface area contributed by atoms with Gasteiger partial charge in [0.15, 0.2) is 18.5 Å². The number of aliphatic hydroxyl groups excluding tert-OH is 1. The standard InChI is InChI=1S/C10H15N3O6/c1-4-8(18-5(2)14)9(19-6(3)15)7(12-13-11)10(16)17-4/h4,7-10,16H,1-3H3/t4-,7-,8+,9-,10+/m0/s1. The van der Waals surface area contributed by atoms with Crippen LogP contribution < -0.4 is 0 Å². The summed E-state index contributed by atoms with van der Waals surface area (Å²) in [7, 11) is 0. The minimum absolute atomic E-state index is 0.603. The van der Waals surface area contributed by atoms with E-state index in [1.54, 1.807) is 6.92 Å². The molecule has 1 aliphatic heterocycles. The van der Waals surface area contributed by atoms with E-state index in [2.05, 4.69) is 10.0 Å². The molecule has 1 fully saturated rings. The van der Waals surface area contributed by atoms with Crippen LogP contribution in [0.25, 0.3) is 10.4 Å². The van der Waals surface area contributed by atoms with Crippen LogP contribution in [0.2, 0.25) is 0 Å². The summed E-state index contributed by atoms with van der Waals surface area (Å²) in [4.78, 5) is 24.7. The summed E-state index contributed by atoms with van der Waals surface area (Å²) < 4.78 is 15.1. The second-order valence-corrected chi connectivity index (χ2v) is 4.08. The van der Waals surface area contributed by atoms with Crippen LogP contribution in [0.1, 0.15) is 20.8 Å². The molecule has 9 heteroatoms. The maximum Gasteiger partial charge on any atom is 0.303 e. The number of carbonyl (C=O) groups excluding carboxylic acids is 2. The van der Waals surface area contributed by atoms with Crippen LogP contribution in [0.3, 0.4) is 0 Å². The van der Waals surface area contributed by atoms with Gasteiger partial charge in [-0.3, -0.25) is 9.59 Å². The van der Waals surface area contributed by atoms with E-state index in [1.165, 1.54) is 6.92 Å². The molecule has 1 aliphatic rings. The van der Waals surface area contributed by atoms with E-state index < -0.39 is 42.6 Å². The summed E-state index contributed by atoms with van der Waals surface area (Å²) in [6.45, 7) is 3.88. The highest BCUT2D eigenvalue weighted by Crippen LogP contribution is 2.27. The Bertz CT molecular complexity index is 408. The van der Waals surface area contributed by atoms with E-state index in [0.717, 1.165) is 6.92 Å². The average Bonchev–Trinajstić information content (AvgIpc) is 2.28. The largest absolute Gasteiger partial charge is 0.458 e. The van der Waals surface area contributed by atoms with Gasteiger partial charge in [0.25, 0.3) is 0 Å². The van der Waals surface area contributed by atoms with Crippen molar-refractivity contribution < 1.29 is 28.9 Å². The number of nitrogens with zero attached hydrogens (tertiary/aromatic N) is 3. The SMILES string of the molecule is CC(=O)O[C@H]1[C@H](N=[N+]=[N-])[C@H](O)O[C@@H](C)[C@H]1OC(C)=O. The van der Waals surface area contributed by atoms with Crippen LogP contribution in [0.15, 0.2) is 5.11 Å². The van der Waals surface area contributed by atoms with E-state index in [-0.39, 0.29) is 0 Å². The molecule has 5 atom stereocenters. The first-order valence-corrected chi connectivity index (χ1v) is 5.59. The fourth-order valence-electron chi connectivity index (χ4n) is 1.87. The number of esters is 2. The summed E-state index contributed by atoms with van der Waals surface area (Å²) in [6.07, 6.45) is -4.22. The quantitative estimate of drug-likeness (QED) is 0.339. The third kappa shape index (κ3) is 3.82. The summed E-state index contributed by atoms with van der Waals surface area (Å²) in [6, 6.07) is -1.19. The van der Waals surface area contributed by atoms with E-state index in [9.17, 15) is 14.7 Å². The van der Waals surface area contributed by atoms with E-state index in [0.29, 0.717) is 0 Å². The zero-order valence-corrected chi connectivity index (χ0v) is 10.7. The predicted octanol–water partition coefficient (Wildman–Crippen LogP) is 0.266. The molecule has 0 aliphatic carbocycles. The highest BCUT2D eigenvalue weighted by atomic mass is 16.7. The van der Waals surface area contributed by atoms with Gasteiger partial charge >= 0.3 is 11.9 Å². The second kappa shape index (κ2) is 6.37. The molecule has 1 heterocycles. The molecule has 0 aromatic rings. The Morgan fingerprint density at radius 3 is 2.26 bits per heavy atom. The fraction of sp³-hybridized carbons (Fsp3) is 0.800. The topological polar surface area (TPSA) is 131 Å². The molecular weight excluding hydrogens is 258 g/mol. The highest BCUT2D eigenvalue weighted by molar-refractivity contribution is 5.67. The monoisotopic (exact) mass is 273 g/mol. The normalized spacial score (nSPS) is 34.0. The first-order valence-electron chi connectivity index (χ1n) is 5.59. The lowest BCUT2D eigenvalue weighted by molar-refractivity contribution is -0.249. The minimum Gasteiger partial charge on any atom is -0.458 e. The van der Waals surface area contributed by atoms with Gasteiger partial charge in [0.05, 0.1) is 6.10 Å². The molecule has 0 bridgehead atoms. The fourth-order valence-corrected chi connectivity index (χ4v) is 1.87. The highest BCUT2D eigenvalue weighted by Gasteiger charge is 2.47. The van der Waals surface area contributed by atoms with Gasteiger partial charge in [0.1, 0.15) is 6.04 Å². The van der Waals surface area contributed by atoms with Crippen molar-refractivity contribution in [2.24, 2.45) is 5.11 Å². The van der Waals surface area contributed by atoms with Gasteiger partial charge in [-0.25, -0.2) is 0 Å². The van der Waals surface area contributed by atoms with Crippen molar-refractivity contribution in [3.8, 4) is 0 Å². The molecule has 0 unspecified atom stereocenters. The number of hydrogen-bond acceptors (Lipinski definition) is 7. The Labute approximate surface area is 109 Å². The molecule has 1 rings (SSSR count). The van der Waals surface area contributed by atoms with Crippen molar-refractivity contribution in [3.05, 3.63) is 10.4 Å². The lowest BCUT2D eigenvalue weighted by Gasteiger charge is -2.40. The number of rotatable bonds is 3. The summed E-state index contributed by atoms with van der Waals surface area (Å²) >= 11 is 0. The lowest BCUT2D eigenvalue weighted by atomic mass is 9.97. The maximum atomic E-state index is 11.1. The molecule has 0 amide bonds. The van der Waals surface area contributed by atoms with Crippen molar-refractivity contribution in [1.29, 1.82) is 0 Å². The van der Waals surface area contributed by atoms with Gasteiger partial charge < -0.3 is 19.3 Å². The van der Waals surface area contributed by atoms with Crippen molar-refractivity contribution in [2.45, 2.75) is 51.4 Å². The van der Waals surface area contributed by atoms with Gasteiger partial charge in [-0.2, -0.15) is 0 Å². The first kappa shape index (κ1) is 15.2. The second-order valence-electron chi connectivity index (χ2n) is 4.08. The van der Waals surface area contributed by atoms with Crippen LogP contribution in [-0.4, -0.2) is 47.7 Å². The van der Waals surface area contributed by atoms with Crippen LogP contribution in [0.4, 0.5) is 0 Å². The molecular formula is C10H15N3O6. The van der Waals surface area contributed by atoms with Crippen LogP contribution in [0, 0.1) is 0 Å². The molecule has 106 valence electrons. The summed E-state index contributed by atoms with van der Waals surface area (Å²) in [5.41, 5.74) is 8.47. The van der Waals surface area contributed by atoms with Crippen molar-refractivity contribution in [1.82, 2.24) is 0 Å². The van der Waals surface area contributed by atoms with E-state index in [1.807, 2.05) is 0 Å². The molecule has 0 aromatic carbocycles. The van der Waals surface area contributed by atoms with E-state index in [4.69, 9.17) is 19.7 Å². The Morgan fingerprint density at radius 1 is 1.26 bits per heavy atom. The smallest absolute Gasteiger partial charge is 0.303 e. The summed E-state index contributed by atoms with van der Waals surface area (Å²) in [5, 5.41) is 13.0. The average molecular weight is 273 g/mol. The Kier molecular flexibility index (Phi) is 5.11. The molecule has 9 nitrogen and oxygen atoms in total. The minimum atomic E-state index is -1.44. The molecule has 0 aromatic heterocycles. The Hall–Kier alpha value is -1.83. The van der Waals surface area contributed by atoms with Gasteiger partial charge in [0, 0.05) is 18.8 Å². The van der Waals surface area contributed by atoms with Crippen molar-refractivity contribution in [2.75, 3.05) is 0 Å². The third-order valence-electron chi connectivity index (χ3n) is 2.56. The summed E-state index contributed by atoms with van der Waals surface area (Å²) in [5.74, 6) is -1.25. The van der Waals surface area contributed by atoms with E-state index >= 15 is 0 Å². The molecule has 0 saturated carbocycles. The van der Waals surface area contributed by atoms with Gasteiger partial charge in [0.2, 0.25) is 0 Å². The van der Waals surface area contributed by atoms with Gasteiger partial charge in [-0.05, 0) is 12.5 Å². The van der Waals surface area contributed by atoms with Crippen LogP contribution in [-0.2, 0) is 23.8 Å². The molecule has 0 radical (unpaired) electrons. The zero-order chi connectivity index (χ0) is 14.6. The first-order chi connectivity index (χ1) is 8.86.